The molecule has 1 aromatic rings. The lowest BCUT2D eigenvalue weighted by molar-refractivity contribution is 0.320. The van der Waals surface area contributed by atoms with Gasteiger partial charge in [-0.05, 0) is 35.4 Å². The lowest BCUT2D eigenvalue weighted by Crippen LogP contribution is -2.00. The van der Waals surface area contributed by atoms with E-state index in [2.05, 4.69) is 11.2 Å². The first-order valence-electron chi connectivity index (χ1n) is 5.33. The third-order valence-corrected chi connectivity index (χ3v) is 3.14. The number of benzene rings is 1. The molecule has 0 amide bonds. The lowest BCUT2D eigenvalue weighted by Gasteiger charge is -2.08. The highest BCUT2D eigenvalue weighted by atomic mass is 35.5. The summed E-state index contributed by atoms with van der Waals surface area (Å²) in [4.78, 5) is 0. The van der Waals surface area contributed by atoms with E-state index in [-0.39, 0.29) is 10.7 Å². The van der Waals surface area contributed by atoms with Gasteiger partial charge < -0.3 is 5.21 Å². The van der Waals surface area contributed by atoms with Crippen LogP contribution >= 0.6 is 23.2 Å². The zero-order valence-corrected chi connectivity index (χ0v) is 11.2. The van der Waals surface area contributed by atoms with Gasteiger partial charge in [-0.2, -0.15) is 5.26 Å². The second-order valence-corrected chi connectivity index (χ2v) is 4.60. The van der Waals surface area contributed by atoms with Crippen molar-refractivity contribution in [3.63, 3.8) is 0 Å². The topological polar surface area (TPSA) is 56.4 Å². The first-order chi connectivity index (χ1) is 9.15. The second-order valence-electron chi connectivity index (χ2n) is 3.76. The molecule has 0 atom stereocenters. The maximum Gasteiger partial charge on any atom is 0.121 e. The number of rotatable bonds is 1. The molecule has 0 bridgehead atoms. The first kappa shape index (κ1) is 13.4. The molecule has 0 radical (unpaired) electrons. The van der Waals surface area contributed by atoms with Crippen LogP contribution in [0, 0.1) is 11.3 Å². The Labute approximate surface area is 120 Å². The Balaban J connectivity index is 2.51. The van der Waals surface area contributed by atoms with Crippen LogP contribution < -0.4 is 0 Å². The Morgan fingerprint density at radius 2 is 1.84 bits per heavy atom. The van der Waals surface area contributed by atoms with Crippen molar-refractivity contribution < 1.29 is 5.21 Å². The molecule has 1 N–H and O–H groups in total. The molecule has 0 aliphatic heterocycles. The minimum absolute atomic E-state index is 0.263. The molecule has 1 aromatic carbocycles. The zero-order valence-electron chi connectivity index (χ0n) is 9.64. The van der Waals surface area contributed by atoms with E-state index in [4.69, 9.17) is 28.4 Å². The number of hydrogen-bond acceptors (Lipinski definition) is 3. The largest absolute Gasteiger partial charge is 0.410 e. The SMILES string of the molecule is N#C/C(=C1/C=CC(=NO)C(Cl)=C1)c1ccc(Cl)cc1. The Morgan fingerprint density at radius 3 is 2.37 bits per heavy atom. The van der Waals surface area contributed by atoms with Crippen LogP contribution in [0.1, 0.15) is 5.56 Å². The van der Waals surface area contributed by atoms with Gasteiger partial charge in [0.1, 0.15) is 11.8 Å². The number of allylic oxidation sites excluding steroid dienone is 6. The molecule has 1 aliphatic rings. The first-order valence-corrected chi connectivity index (χ1v) is 6.09. The van der Waals surface area contributed by atoms with Crippen LogP contribution in [-0.4, -0.2) is 10.9 Å². The molecule has 1 aliphatic carbocycles. The molecule has 0 fully saturated rings. The molecule has 5 heteroatoms. The molecule has 0 saturated carbocycles. The average Bonchev–Trinajstić information content (AvgIpc) is 2.42. The van der Waals surface area contributed by atoms with Crippen LogP contribution in [0.4, 0.5) is 0 Å². The summed E-state index contributed by atoms with van der Waals surface area (Å²) in [5.74, 6) is 0. The van der Waals surface area contributed by atoms with Gasteiger partial charge in [-0.25, -0.2) is 0 Å². The lowest BCUT2D eigenvalue weighted by atomic mass is 9.97. The minimum atomic E-state index is 0.263. The van der Waals surface area contributed by atoms with Gasteiger partial charge in [0.2, 0.25) is 0 Å². The van der Waals surface area contributed by atoms with Crippen LogP contribution in [0.15, 0.2) is 58.3 Å². The molecule has 0 saturated heterocycles. The average molecular weight is 291 g/mol. The summed E-state index contributed by atoms with van der Waals surface area (Å²) in [6.07, 6.45) is 4.81. The summed E-state index contributed by atoms with van der Waals surface area (Å²) in [5, 5.41) is 21.9. The second kappa shape index (κ2) is 5.75. The normalized spacial score (nSPS) is 19.0. The highest BCUT2D eigenvalue weighted by Gasteiger charge is 2.12. The minimum Gasteiger partial charge on any atom is -0.410 e. The maximum atomic E-state index is 9.28. The molecule has 0 heterocycles. The van der Waals surface area contributed by atoms with E-state index in [0.717, 1.165) is 5.56 Å². The van der Waals surface area contributed by atoms with Crippen LogP contribution in [-0.2, 0) is 0 Å². The van der Waals surface area contributed by atoms with E-state index in [1.807, 2.05) is 0 Å². The van der Waals surface area contributed by atoms with Crippen LogP contribution in [0.2, 0.25) is 5.02 Å². The number of nitriles is 1. The van der Waals surface area contributed by atoms with Gasteiger partial charge in [-0.1, -0.05) is 46.6 Å². The van der Waals surface area contributed by atoms with Crippen molar-refractivity contribution in [2.45, 2.75) is 0 Å². The van der Waals surface area contributed by atoms with Crippen LogP contribution in [0.25, 0.3) is 5.57 Å². The quantitative estimate of drug-likeness (QED) is 0.480. The van der Waals surface area contributed by atoms with Crippen molar-refractivity contribution in [2.24, 2.45) is 5.16 Å². The number of nitrogens with zero attached hydrogens (tertiary/aromatic N) is 2. The van der Waals surface area contributed by atoms with Gasteiger partial charge in [0.05, 0.1) is 10.6 Å². The fourth-order valence-electron chi connectivity index (χ4n) is 1.66. The Morgan fingerprint density at radius 1 is 1.16 bits per heavy atom. The molecule has 2 rings (SSSR count). The molecule has 94 valence electrons. The number of halogens is 2. The third kappa shape index (κ3) is 2.87. The van der Waals surface area contributed by atoms with E-state index in [9.17, 15) is 5.26 Å². The number of oxime groups is 1. The Bertz CT molecular complexity index is 662. The standard InChI is InChI=1S/C14H8Cl2N2O/c15-11-4-1-9(2-5-11)12(8-17)10-3-6-14(18-19)13(16)7-10/h1-7,19H/b12-10+,18-14?. The van der Waals surface area contributed by atoms with Crippen molar-refractivity contribution in [3.8, 4) is 6.07 Å². The van der Waals surface area contributed by atoms with Crippen LogP contribution in [0.5, 0.6) is 0 Å². The van der Waals surface area contributed by atoms with Gasteiger partial charge in [-0.15, -0.1) is 0 Å². The van der Waals surface area contributed by atoms with Gasteiger partial charge in [-0.3, -0.25) is 0 Å². The summed E-state index contributed by atoms with van der Waals surface area (Å²) < 4.78 is 0. The maximum absolute atomic E-state index is 9.28. The Kier molecular flexibility index (Phi) is 4.06. The molecule has 0 aromatic heterocycles. The summed E-state index contributed by atoms with van der Waals surface area (Å²) in [6.45, 7) is 0. The third-order valence-electron chi connectivity index (χ3n) is 2.59. The summed E-state index contributed by atoms with van der Waals surface area (Å²) in [5.41, 5.74) is 2.14. The summed E-state index contributed by atoms with van der Waals surface area (Å²) in [6, 6.07) is 9.10. The highest BCUT2D eigenvalue weighted by Crippen LogP contribution is 2.26. The molecular formula is C14H8Cl2N2O. The van der Waals surface area contributed by atoms with Crippen LogP contribution in [0.3, 0.4) is 0 Å². The fourth-order valence-corrected chi connectivity index (χ4v) is 2.00. The molecular weight excluding hydrogens is 283 g/mol. The monoisotopic (exact) mass is 290 g/mol. The van der Waals surface area contributed by atoms with Crippen molar-refractivity contribution in [1.82, 2.24) is 0 Å². The van der Waals surface area contributed by atoms with Gasteiger partial charge in [0.25, 0.3) is 0 Å². The highest BCUT2D eigenvalue weighted by molar-refractivity contribution is 6.46. The Hall–Kier alpha value is -2.02. The zero-order chi connectivity index (χ0) is 13.8. The van der Waals surface area contributed by atoms with E-state index in [1.54, 1.807) is 42.5 Å². The molecule has 3 nitrogen and oxygen atoms in total. The van der Waals surface area contributed by atoms with Crippen molar-refractivity contribution in [2.75, 3.05) is 0 Å². The summed E-state index contributed by atoms with van der Waals surface area (Å²) in [7, 11) is 0. The van der Waals surface area contributed by atoms with E-state index in [0.29, 0.717) is 16.2 Å². The van der Waals surface area contributed by atoms with E-state index >= 15 is 0 Å². The molecule has 0 unspecified atom stereocenters. The van der Waals surface area contributed by atoms with E-state index < -0.39 is 0 Å². The van der Waals surface area contributed by atoms with E-state index in [1.165, 1.54) is 0 Å². The van der Waals surface area contributed by atoms with Crippen molar-refractivity contribution in [1.29, 1.82) is 5.26 Å². The predicted molar refractivity (Wildman–Crippen MR) is 76.3 cm³/mol. The summed E-state index contributed by atoms with van der Waals surface area (Å²) >= 11 is 11.8. The van der Waals surface area contributed by atoms with Gasteiger partial charge >= 0.3 is 0 Å². The van der Waals surface area contributed by atoms with Gasteiger partial charge in [0, 0.05) is 5.02 Å². The molecule has 0 spiro atoms. The number of hydrogen-bond donors (Lipinski definition) is 1. The fraction of sp³-hybridized carbons (Fsp3) is 0. The molecule has 19 heavy (non-hydrogen) atoms. The van der Waals surface area contributed by atoms with Crippen molar-refractivity contribution >= 4 is 34.5 Å². The smallest absolute Gasteiger partial charge is 0.121 e. The van der Waals surface area contributed by atoms with Gasteiger partial charge in [0.15, 0.2) is 0 Å². The van der Waals surface area contributed by atoms with Crippen molar-refractivity contribution in [3.05, 3.63) is 63.7 Å². The predicted octanol–water partition coefficient (Wildman–Crippen LogP) is 4.14.